The van der Waals surface area contributed by atoms with E-state index in [0.717, 1.165) is 24.0 Å². The minimum Gasteiger partial charge on any atom is -0.460 e. The number of carbonyl (C=O) groups is 1. The minimum absolute atomic E-state index is 0.0620. The van der Waals surface area contributed by atoms with Gasteiger partial charge in [0.25, 0.3) is 0 Å². The molecule has 0 fully saturated rings. The molecule has 0 saturated carbocycles. The molecule has 19 heavy (non-hydrogen) atoms. The first kappa shape index (κ1) is 13.6. The number of esters is 1. The third kappa shape index (κ3) is 2.96. The Morgan fingerprint density at radius 2 is 2.32 bits per heavy atom. The molecule has 102 valence electrons. The molecule has 0 radical (unpaired) electrons. The van der Waals surface area contributed by atoms with Crippen LogP contribution in [-0.2, 0) is 16.0 Å². The number of aliphatic hydroxyl groups is 1. The fourth-order valence-corrected chi connectivity index (χ4v) is 2.29. The second-order valence-electron chi connectivity index (χ2n) is 4.48. The summed E-state index contributed by atoms with van der Waals surface area (Å²) < 4.78 is 10.3. The molecule has 4 nitrogen and oxygen atoms in total. The number of benzene rings is 1. The Balaban J connectivity index is 2.21. The summed E-state index contributed by atoms with van der Waals surface area (Å²) >= 11 is 0. The van der Waals surface area contributed by atoms with Crippen molar-refractivity contribution in [2.75, 3.05) is 6.61 Å². The molecule has 4 heteroatoms. The van der Waals surface area contributed by atoms with Gasteiger partial charge in [-0.2, -0.15) is 0 Å². The van der Waals surface area contributed by atoms with Gasteiger partial charge in [0.1, 0.15) is 5.75 Å². The maximum Gasteiger partial charge on any atom is 0.373 e. The van der Waals surface area contributed by atoms with Gasteiger partial charge in [-0.25, -0.2) is 4.79 Å². The highest BCUT2D eigenvalue weighted by molar-refractivity contribution is 5.86. The molecule has 1 atom stereocenters. The van der Waals surface area contributed by atoms with E-state index < -0.39 is 12.1 Å². The summed E-state index contributed by atoms with van der Waals surface area (Å²) in [6, 6.07) is 5.56. The maximum absolute atomic E-state index is 11.5. The lowest BCUT2D eigenvalue weighted by atomic mass is 9.89. The van der Waals surface area contributed by atoms with Gasteiger partial charge in [-0.05, 0) is 44.4 Å². The molecule has 2 rings (SSSR count). The number of hydrogen-bond acceptors (Lipinski definition) is 4. The Bertz CT molecular complexity index is 493. The van der Waals surface area contributed by atoms with Crippen LogP contribution in [0.25, 0.3) is 0 Å². The third-order valence-corrected chi connectivity index (χ3v) is 3.15. The summed E-state index contributed by atoms with van der Waals surface area (Å²) in [6.45, 7) is 5.56. The van der Waals surface area contributed by atoms with E-state index in [-0.39, 0.29) is 12.4 Å². The van der Waals surface area contributed by atoms with Gasteiger partial charge in [0.15, 0.2) is 0 Å². The first-order chi connectivity index (χ1) is 9.13. The number of hydrogen-bond donors (Lipinski definition) is 1. The van der Waals surface area contributed by atoms with Crippen molar-refractivity contribution in [2.45, 2.75) is 32.3 Å². The summed E-state index contributed by atoms with van der Waals surface area (Å²) in [5.41, 5.74) is 1.83. The zero-order chi connectivity index (χ0) is 13.8. The van der Waals surface area contributed by atoms with Crippen molar-refractivity contribution in [2.24, 2.45) is 0 Å². The van der Waals surface area contributed by atoms with E-state index in [0.29, 0.717) is 12.2 Å². The summed E-state index contributed by atoms with van der Waals surface area (Å²) in [4.78, 5) is 11.5. The second kappa shape index (κ2) is 5.89. The lowest BCUT2D eigenvalue weighted by molar-refractivity contribution is -0.140. The first-order valence-corrected chi connectivity index (χ1v) is 6.47. The number of fused-ring (bicyclic) bond motifs is 1. The molecule has 0 aromatic heterocycles. The lowest BCUT2D eigenvalue weighted by Gasteiger charge is -2.24. The Kier molecular flexibility index (Phi) is 4.22. The largest absolute Gasteiger partial charge is 0.460 e. The lowest BCUT2D eigenvalue weighted by Crippen LogP contribution is -2.15. The molecule has 1 aliphatic carbocycles. The topological polar surface area (TPSA) is 55.8 Å². The van der Waals surface area contributed by atoms with E-state index in [9.17, 15) is 9.90 Å². The molecule has 0 heterocycles. The summed E-state index contributed by atoms with van der Waals surface area (Å²) in [5, 5.41) is 10.1. The average molecular weight is 262 g/mol. The van der Waals surface area contributed by atoms with E-state index in [1.54, 1.807) is 13.0 Å². The normalized spacial score (nSPS) is 17.5. The smallest absolute Gasteiger partial charge is 0.373 e. The van der Waals surface area contributed by atoms with Gasteiger partial charge in [0, 0.05) is 5.56 Å². The van der Waals surface area contributed by atoms with E-state index in [2.05, 4.69) is 6.58 Å². The molecule has 0 spiro atoms. The highest BCUT2D eigenvalue weighted by Crippen LogP contribution is 2.36. The average Bonchev–Trinajstić information content (AvgIpc) is 2.39. The van der Waals surface area contributed by atoms with Gasteiger partial charge in [0.05, 0.1) is 12.7 Å². The molecule has 0 amide bonds. The minimum atomic E-state index is -0.578. The van der Waals surface area contributed by atoms with Crippen LogP contribution in [0.5, 0.6) is 5.75 Å². The van der Waals surface area contributed by atoms with E-state index in [1.165, 1.54) is 0 Å². The predicted molar refractivity (Wildman–Crippen MR) is 70.7 cm³/mol. The molecular formula is C15H18O4. The molecule has 1 aromatic rings. The third-order valence-electron chi connectivity index (χ3n) is 3.15. The van der Waals surface area contributed by atoms with Gasteiger partial charge in [-0.15, -0.1) is 0 Å². The second-order valence-corrected chi connectivity index (χ2v) is 4.48. The van der Waals surface area contributed by atoms with Crippen molar-refractivity contribution in [1.29, 1.82) is 0 Å². The van der Waals surface area contributed by atoms with Crippen LogP contribution >= 0.6 is 0 Å². The number of aryl methyl sites for hydroxylation is 1. The van der Waals surface area contributed by atoms with Crippen LogP contribution in [0, 0.1) is 0 Å². The van der Waals surface area contributed by atoms with E-state index in [1.807, 2.05) is 12.1 Å². The maximum atomic E-state index is 11.5. The Hall–Kier alpha value is -1.81. The van der Waals surface area contributed by atoms with Gasteiger partial charge < -0.3 is 14.6 Å². The van der Waals surface area contributed by atoms with Gasteiger partial charge >= 0.3 is 5.97 Å². The Morgan fingerprint density at radius 1 is 1.53 bits per heavy atom. The fourth-order valence-electron chi connectivity index (χ4n) is 2.29. The van der Waals surface area contributed by atoms with Gasteiger partial charge in [0.2, 0.25) is 5.76 Å². The molecule has 1 unspecified atom stereocenters. The summed E-state index contributed by atoms with van der Waals surface area (Å²) in [6.07, 6.45) is 2.03. The quantitative estimate of drug-likeness (QED) is 0.514. The zero-order valence-electron chi connectivity index (χ0n) is 11.0. The fraction of sp³-hybridized carbons (Fsp3) is 0.400. The van der Waals surface area contributed by atoms with Crippen LogP contribution in [0.1, 0.15) is 37.0 Å². The van der Waals surface area contributed by atoms with Crippen molar-refractivity contribution < 1.29 is 19.4 Å². The standard InChI is InChI=1S/C15H18O4/c1-3-18-15(17)10(2)19-13-9-5-7-11-6-4-8-12(16)14(11)13/h5,7,9,12,16H,2-4,6,8H2,1H3. The van der Waals surface area contributed by atoms with Crippen LogP contribution in [-0.4, -0.2) is 17.7 Å². The SMILES string of the molecule is C=C(Oc1cccc2c1C(O)CCC2)C(=O)OCC. The van der Waals surface area contributed by atoms with Crippen molar-refractivity contribution in [1.82, 2.24) is 0 Å². The van der Waals surface area contributed by atoms with Crippen molar-refractivity contribution in [3.8, 4) is 5.75 Å². The summed E-state index contributed by atoms with van der Waals surface area (Å²) in [5.74, 6) is -0.152. The number of rotatable bonds is 4. The van der Waals surface area contributed by atoms with Crippen molar-refractivity contribution in [3.05, 3.63) is 41.7 Å². The van der Waals surface area contributed by atoms with Crippen molar-refractivity contribution >= 4 is 5.97 Å². The van der Waals surface area contributed by atoms with Crippen LogP contribution in [0.4, 0.5) is 0 Å². The van der Waals surface area contributed by atoms with Gasteiger partial charge in [-0.1, -0.05) is 12.1 Å². The Morgan fingerprint density at radius 3 is 3.05 bits per heavy atom. The van der Waals surface area contributed by atoms with E-state index in [4.69, 9.17) is 9.47 Å². The molecule has 1 aliphatic rings. The van der Waals surface area contributed by atoms with Crippen LogP contribution in [0.3, 0.4) is 0 Å². The molecule has 0 aliphatic heterocycles. The van der Waals surface area contributed by atoms with E-state index >= 15 is 0 Å². The number of carbonyl (C=O) groups excluding carboxylic acids is 1. The molecular weight excluding hydrogens is 244 g/mol. The summed E-state index contributed by atoms with van der Waals surface area (Å²) in [7, 11) is 0. The predicted octanol–water partition coefficient (Wildman–Crippen LogP) is 2.51. The van der Waals surface area contributed by atoms with Crippen LogP contribution in [0.2, 0.25) is 0 Å². The molecule has 0 bridgehead atoms. The zero-order valence-corrected chi connectivity index (χ0v) is 11.0. The molecule has 0 saturated heterocycles. The van der Waals surface area contributed by atoms with Crippen LogP contribution < -0.4 is 4.74 Å². The van der Waals surface area contributed by atoms with Crippen LogP contribution in [0.15, 0.2) is 30.5 Å². The molecule has 1 N–H and O–H groups in total. The van der Waals surface area contributed by atoms with Gasteiger partial charge in [-0.3, -0.25) is 0 Å². The highest BCUT2D eigenvalue weighted by atomic mass is 16.6. The number of ether oxygens (including phenoxy) is 2. The highest BCUT2D eigenvalue weighted by Gasteiger charge is 2.23. The Labute approximate surface area is 112 Å². The van der Waals surface area contributed by atoms with Crippen molar-refractivity contribution in [3.63, 3.8) is 0 Å². The first-order valence-electron chi connectivity index (χ1n) is 6.47. The number of aliphatic hydroxyl groups excluding tert-OH is 1. The monoisotopic (exact) mass is 262 g/mol. The molecule has 1 aromatic carbocycles.